The van der Waals surface area contributed by atoms with E-state index in [1.165, 1.54) is 57.8 Å². The van der Waals surface area contributed by atoms with Crippen molar-refractivity contribution < 1.29 is 0 Å². The second-order valence-electron chi connectivity index (χ2n) is 10.6. The summed E-state index contributed by atoms with van der Waals surface area (Å²) in [4.78, 5) is 0. The standard InChI is InChI=1S/C13H24.C12H19N/c1-10(2)11-6-8-13(9-7-11)12-4-3-5-12;1-9-5-6-11(7-12(9)8-13)10-3-2-4-10/h10-13H,3-9H2,1-2H3;9-12H,2-7H2,1H3. The zero-order valence-corrected chi connectivity index (χ0v) is 17.8. The lowest BCUT2D eigenvalue weighted by molar-refractivity contribution is 0.121. The third kappa shape index (κ3) is 5.05. The van der Waals surface area contributed by atoms with E-state index in [0.717, 1.165) is 35.5 Å². The molecule has 4 fully saturated rings. The normalized spacial score (nSPS) is 38.5. The van der Waals surface area contributed by atoms with E-state index in [2.05, 4.69) is 26.8 Å². The van der Waals surface area contributed by atoms with Crippen molar-refractivity contribution in [2.24, 2.45) is 47.3 Å². The van der Waals surface area contributed by atoms with Gasteiger partial charge in [0.2, 0.25) is 0 Å². The summed E-state index contributed by atoms with van der Waals surface area (Å²) in [6.45, 7) is 7.04. The molecular formula is C25H43N. The monoisotopic (exact) mass is 357 g/mol. The van der Waals surface area contributed by atoms with Crippen molar-refractivity contribution in [3.63, 3.8) is 0 Å². The van der Waals surface area contributed by atoms with E-state index in [0.29, 0.717) is 11.8 Å². The summed E-state index contributed by atoms with van der Waals surface area (Å²) < 4.78 is 0. The molecule has 0 heterocycles. The maximum absolute atomic E-state index is 9.00. The fourth-order valence-corrected chi connectivity index (χ4v) is 6.07. The van der Waals surface area contributed by atoms with Crippen molar-refractivity contribution >= 4 is 0 Å². The Bertz CT molecular complexity index is 445. The molecule has 0 spiro atoms. The molecule has 0 aromatic heterocycles. The lowest BCUT2D eigenvalue weighted by Gasteiger charge is -2.39. The Hall–Kier alpha value is -0.510. The van der Waals surface area contributed by atoms with Gasteiger partial charge in [0.1, 0.15) is 0 Å². The summed E-state index contributed by atoms with van der Waals surface area (Å²) in [5.41, 5.74) is 0. The molecule has 0 N–H and O–H groups in total. The molecule has 0 aromatic rings. The van der Waals surface area contributed by atoms with E-state index in [1.54, 1.807) is 25.7 Å². The minimum Gasteiger partial charge on any atom is -0.198 e. The van der Waals surface area contributed by atoms with Crippen LogP contribution in [0, 0.1) is 58.7 Å². The van der Waals surface area contributed by atoms with E-state index in [1.807, 2.05) is 0 Å². The molecule has 4 aliphatic carbocycles. The maximum Gasteiger partial charge on any atom is 0.0658 e. The Morgan fingerprint density at radius 2 is 1.19 bits per heavy atom. The van der Waals surface area contributed by atoms with Crippen LogP contribution in [0.25, 0.3) is 0 Å². The van der Waals surface area contributed by atoms with Crippen LogP contribution in [0.1, 0.15) is 104 Å². The molecule has 0 amide bonds. The first-order valence-electron chi connectivity index (χ1n) is 12.0. The molecule has 0 aromatic carbocycles. The largest absolute Gasteiger partial charge is 0.198 e. The Balaban J connectivity index is 0.000000151. The number of hydrogen-bond acceptors (Lipinski definition) is 1. The van der Waals surface area contributed by atoms with Crippen LogP contribution in [0.3, 0.4) is 0 Å². The second-order valence-corrected chi connectivity index (χ2v) is 10.6. The van der Waals surface area contributed by atoms with Crippen molar-refractivity contribution in [3.05, 3.63) is 0 Å². The smallest absolute Gasteiger partial charge is 0.0658 e. The zero-order chi connectivity index (χ0) is 18.5. The van der Waals surface area contributed by atoms with E-state index < -0.39 is 0 Å². The molecule has 1 heteroatoms. The summed E-state index contributed by atoms with van der Waals surface area (Å²) in [6, 6.07) is 2.49. The van der Waals surface area contributed by atoms with Gasteiger partial charge in [-0.2, -0.15) is 5.26 Å². The van der Waals surface area contributed by atoms with Crippen molar-refractivity contribution in [1.82, 2.24) is 0 Å². The van der Waals surface area contributed by atoms with Crippen LogP contribution < -0.4 is 0 Å². The Morgan fingerprint density at radius 1 is 0.692 bits per heavy atom. The van der Waals surface area contributed by atoms with Gasteiger partial charge in [0.15, 0.2) is 0 Å². The number of nitriles is 1. The lowest BCUT2D eigenvalue weighted by Crippen LogP contribution is -2.30. The van der Waals surface area contributed by atoms with Gasteiger partial charge in [-0.05, 0) is 86.4 Å². The van der Waals surface area contributed by atoms with Crippen LogP contribution in [0.2, 0.25) is 0 Å². The fourth-order valence-electron chi connectivity index (χ4n) is 6.07. The van der Waals surface area contributed by atoms with Crippen LogP contribution in [-0.2, 0) is 0 Å². The highest BCUT2D eigenvalue weighted by Crippen LogP contribution is 2.45. The molecule has 148 valence electrons. The van der Waals surface area contributed by atoms with E-state index in [4.69, 9.17) is 5.26 Å². The van der Waals surface area contributed by atoms with Gasteiger partial charge in [0.05, 0.1) is 6.07 Å². The van der Waals surface area contributed by atoms with Gasteiger partial charge in [0, 0.05) is 5.92 Å². The maximum atomic E-state index is 9.00. The molecule has 3 unspecified atom stereocenters. The molecule has 26 heavy (non-hydrogen) atoms. The van der Waals surface area contributed by atoms with Crippen molar-refractivity contribution in [2.75, 3.05) is 0 Å². The highest BCUT2D eigenvalue weighted by molar-refractivity contribution is 4.94. The van der Waals surface area contributed by atoms with Crippen LogP contribution in [0.5, 0.6) is 0 Å². The quantitative estimate of drug-likeness (QED) is 0.510. The second kappa shape index (κ2) is 9.61. The number of rotatable bonds is 3. The Morgan fingerprint density at radius 3 is 1.65 bits per heavy atom. The summed E-state index contributed by atoms with van der Waals surface area (Å²) in [7, 11) is 0. The van der Waals surface area contributed by atoms with Crippen LogP contribution >= 0.6 is 0 Å². The molecule has 4 saturated carbocycles. The van der Waals surface area contributed by atoms with Crippen molar-refractivity contribution in [1.29, 1.82) is 5.26 Å². The molecule has 0 aliphatic heterocycles. The fraction of sp³-hybridized carbons (Fsp3) is 0.960. The third-order valence-electron chi connectivity index (χ3n) is 8.79. The topological polar surface area (TPSA) is 23.8 Å². The molecular weight excluding hydrogens is 314 g/mol. The van der Waals surface area contributed by atoms with Gasteiger partial charge >= 0.3 is 0 Å². The highest BCUT2D eigenvalue weighted by Gasteiger charge is 2.34. The van der Waals surface area contributed by atoms with Crippen molar-refractivity contribution in [3.8, 4) is 6.07 Å². The third-order valence-corrected chi connectivity index (χ3v) is 8.79. The van der Waals surface area contributed by atoms with Gasteiger partial charge in [-0.15, -0.1) is 0 Å². The molecule has 3 atom stereocenters. The lowest BCUT2D eigenvalue weighted by atomic mass is 9.65. The van der Waals surface area contributed by atoms with Gasteiger partial charge in [0.25, 0.3) is 0 Å². The molecule has 0 saturated heterocycles. The van der Waals surface area contributed by atoms with Crippen LogP contribution in [0.4, 0.5) is 0 Å². The predicted molar refractivity (Wildman–Crippen MR) is 111 cm³/mol. The minimum absolute atomic E-state index is 0.361. The van der Waals surface area contributed by atoms with Crippen LogP contribution in [-0.4, -0.2) is 0 Å². The number of nitrogens with zero attached hydrogens (tertiary/aromatic N) is 1. The Labute approximate surface area is 163 Å². The molecule has 4 aliphatic rings. The highest BCUT2D eigenvalue weighted by atomic mass is 14.4. The zero-order valence-electron chi connectivity index (χ0n) is 17.8. The van der Waals surface area contributed by atoms with E-state index in [9.17, 15) is 0 Å². The van der Waals surface area contributed by atoms with Crippen LogP contribution in [0.15, 0.2) is 0 Å². The first-order chi connectivity index (χ1) is 12.6. The molecule has 0 radical (unpaired) electrons. The first-order valence-corrected chi connectivity index (χ1v) is 12.0. The first kappa shape index (κ1) is 20.2. The molecule has 1 nitrogen and oxygen atoms in total. The number of hydrogen-bond donors (Lipinski definition) is 0. The average molecular weight is 358 g/mol. The predicted octanol–water partition coefficient (Wildman–Crippen LogP) is 7.61. The summed E-state index contributed by atoms with van der Waals surface area (Å²) in [6.07, 6.45) is 19.0. The van der Waals surface area contributed by atoms with E-state index >= 15 is 0 Å². The molecule has 4 rings (SSSR count). The average Bonchev–Trinajstić information content (AvgIpc) is 2.54. The molecule has 0 bridgehead atoms. The van der Waals surface area contributed by atoms with Crippen molar-refractivity contribution in [2.45, 2.75) is 104 Å². The minimum atomic E-state index is 0.361. The summed E-state index contributed by atoms with van der Waals surface area (Å²) >= 11 is 0. The van der Waals surface area contributed by atoms with Gasteiger partial charge < -0.3 is 0 Å². The van der Waals surface area contributed by atoms with Gasteiger partial charge in [-0.3, -0.25) is 0 Å². The van der Waals surface area contributed by atoms with E-state index in [-0.39, 0.29) is 0 Å². The van der Waals surface area contributed by atoms with Gasteiger partial charge in [-0.1, -0.05) is 59.3 Å². The van der Waals surface area contributed by atoms with Gasteiger partial charge in [-0.25, -0.2) is 0 Å². The SMILES string of the molecule is CC(C)C1CCC(C2CCC2)CC1.CC1CCC(C2CCC2)CC1C#N. The summed E-state index contributed by atoms with van der Waals surface area (Å²) in [5, 5.41) is 9.00. The Kier molecular flexibility index (Phi) is 7.48. The summed E-state index contributed by atoms with van der Waals surface area (Å²) in [5.74, 6) is 7.16.